The molecule has 1 amide bonds. The van der Waals surface area contributed by atoms with Crippen LogP contribution in [0.2, 0.25) is 0 Å². The number of para-hydroxylation sites is 2. The second-order valence-corrected chi connectivity index (χ2v) is 6.93. The number of hydrogen-bond acceptors (Lipinski definition) is 7. The van der Waals surface area contributed by atoms with Crippen molar-refractivity contribution in [2.45, 2.75) is 13.3 Å². The van der Waals surface area contributed by atoms with Gasteiger partial charge in [0.15, 0.2) is 11.5 Å². The Morgan fingerprint density at radius 1 is 0.912 bits per heavy atom. The second kappa shape index (κ2) is 9.14. The Bertz CT molecular complexity index is 1380. The van der Waals surface area contributed by atoms with Crippen LogP contribution in [0.3, 0.4) is 0 Å². The first-order valence-corrected chi connectivity index (χ1v) is 9.77. The minimum absolute atomic E-state index is 0.107. The van der Waals surface area contributed by atoms with Crippen LogP contribution in [-0.4, -0.2) is 33.0 Å². The van der Waals surface area contributed by atoms with E-state index in [9.17, 15) is 22.8 Å². The molecule has 11 heteroatoms. The Kier molecular flexibility index (Phi) is 6.09. The number of pyridine rings is 1. The molecule has 0 aliphatic rings. The molecular formula is C23H15F3N4O4. The monoisotopic (exact) mass is 468 g/mol. The minimum atomic E-state index is -4.83. The first-order valence-electron chi connectivity index (χ1n) is 9.77. The number of amides is 1. The van der Waals surface area contributed by atoms with Crippen LogP contribution in [0, 0.1) is 0 Å². The lowest BCUT2D eigenvalue weighted by molar-refractivity contribution is -0.274. The fourth-order valence-corrected chi connectivity index (χ4v) is 2.92. The van der Waals surface area contributed by atoms with E-state index in [4.69, 9.17) is 4.74 Å². The van der Waals surface area contributed by atoms with Crippen molar-refractivity contribution in [2.24, 2.45) is 0 Å². The van der Waals surface area contributed by atoms with E-state index in [0.29, 0.717) is 16.7 Å². The highest BCUT2D eigenvalue weighted by molar-refractivity contribution is 6.06. The van der Waals surface area contributed by atoms with E-state index in [0.717, 1.165) is 12.1 Å². The van der Waals surface area contributed by atoms with Crippen LogP contribution in [0.4, 0.5) is 18.9 Å². The number of aromatic nitrogens is 3. The van der Waals surface area contributed by atoms with Gasteiger partial charge in [-0.15, -0.1) is 13.2 Å². The summed E-state index contributed by atoms with van der Waals surface area (Å²) in [5.74, 6) is -1.44. The van der Waals surface area contributed by atoms with Crippen molar-refractivity contribution in [2.75, 3.05) is 5.32 Å². The number of carbonyl (C=O) groups excluding carboxylic acids is 2. The number of benzene rings is 2. The van der Waals surface area contributed by atoms with Crippen LogP contribution < -0.4 is 14.8 Å². The summed E-state index contributed by atoms with van der Waals surface area (Å²) in [6.07, 6.45) is -3.45. The number of hydrogen-bond donors (Lipinski definition) is 1. The van der Waals surface area contributed by atoms with Gasteiger partial charge in [-0.1, -0.05) is 12.1 Å². The molecule has 0 radical (unpaired) electrons. The molecule has 172 valence electrons. The number of ether oxygens (including phenoxy) is 2. The van der Waals surface area contributed by atoms with Crippen molar-refractivity contribution in [1.29, 1.82) is 0 Å². The summed E-state index contributed by atoms with van der Waals surface area (Å²) >= 11 is 0. The van der Waals surface area contributed by atoms with Gasteiger partial charge in [-0.25, -0.2) is 9.97 Å². The normalized spacial score (nSPS) is 11.2. The molecule has 0 atom stereocenters. The summed E-state index contributed by atoms with van der Waals surface area (Å²) < 4.78 is 46.7. The highest BCUT2D eigenvalue weighted by Crippen LogP contribution is 2.29. The minimum Gasteiger partial charge on any atom is -0.437 e. The Morgan fingerprint density at radius 3 is 2.21 bits per heavy atom. The number of carbonyl (C=O) groups is 2. The van der Waals surface area contributed by atoms with Gasteiger partial charge < -0.3 is 14.8 Å². The number of nitrogens with zero attached hydrogens (tertiary/aromatic N) is 3. The quantitative estimate of drug-likeness (QED) is 0.389. The van der Waals surface area contributed by atoms with E-state index in [-0.39, 0.29) is 28.8 Å². The highest BCUT2D eigenvalue weighted by Gasteiger charge is 2.31. The molecule has 0 aliphatic carbocycles. The van der Waals surface area contributed by atoms with E-state index < -0.39 is 18.0 Å². The number of alkyl halides is 3. The summed E-state index contributed by atoms with van der Waals surface area (Å²) in [6, 6.07) is 14.3. The fraction of sp³-hybridized carbons (Fsp3) is 0.0870. The van der Waals surface area contributed by atoms with E-state index in [1.54, 1.807) is 24.3 Å². The SMILES string of the molecule is CC(=O)c1cc(NC(=O)c2nc3ccccc3nc2Oc2ccc(OC(F)(F)F)cc2)ccn1. The van der Waals surface area contributed by atoms with Gasteiger partial charge in [-0.2, -0.15) is 0 Å². The molecule has 2 heterocycles. The van der Waals surface area contributed by atoms with Gasteiger partial charge in [0.05, 0.1) is 11.0 Å². The highest BCUT2D eigenvalue weighted by atomic mass is 19.4. The average Bonchev–Trinajstić information content (AvgIpc) is 2.79. The number of nitrogens with one attached hydrogen (secondary N) is 1. The number of anilines is 1. The van der Waals surface area contributed by atoms with E-state index in [2.05, 4.69) is 25.0 Å². The molecule has 34 heavy (non-hydrogen) atoms. The topological polar surface area (TPSA) is 103 Å². The predicted molar refractivity (Wildman–Crippen MR) is 115 cm³/mol. The predicted octanol–water partition coefficient (Wildman–Crippen LogP) is 5.17. The lowest BCUT2D eigenvalue weighted by Crippen LogP contribution is -2.17. The molecular weight excluding hydrogens is 453 g/mol. The molecule has 4 rings (SSSR count). The molecule has 2 aromatic heterocycles. The van der Waals surface area contributed by atoms with E-state index >= 15 is 0 Å². The van der Waals surface area contributed by atoms with E-state index in [1.807, 2.05) is 0 Å². The molecule has 0 aliphatic heterocycles. The number of fused-ring (bicyclic) bond motifs is 1. The Morgan fingerprint density at radius 2 is 1.56 bits per heavy atom. The van der Waals surface area contributed by atoms with Crippen LogP contribution in [0.5, 0.6) is 17.4 Å². The fourth-order valence-electron chi connectivity index (χ4n) is 2.92. The third kappa shape index (κ3) is 5.44. The standard InChI is InChI=1S/C23H15F3N4O4/c1-13(31)19-12-14(10-11-27-19)28-21(32)20-22(30-18-5-3-2-4-17(18)29-20)33-15-6-8-16(9-7-15)34-23(24,25)26/h2-12H,1H3,(H,27,28,32). The van der Waals surface area contributed by atoms with Gasteiger partial charge in [-0.3, -0.25) is 14.6 Å². The lowest BCUT2D eigenvalue weighted by Gasteiger charge is -2.12. The second-order valence-electron chi connectivity index (χ2n) is 6.93. The van der Waals surface area contributed by atoms with Gasteiger partial charge in [0.2, 0.25) is 0 Å². The molecule has 0 fully saturated rings. The maximum atomic E-state index is 13.0. The molecule has 0 saturated carbocycles. The lowest BCUT2D eigenvalue weighted by atomic mass is 10.2. The van der Waals surface area contributed by atoms with Gasteiger partial charge in [0.25, 0.3) is 11.8 Å². The zero-order valence-corrected chi connectivity index (χ0v) is 17.5. The first kappa shape index (κ1) is 22.6. The maximum absolute atomic E-state index is 13.0. The van der Waals surface area contributed by atoms with Gasteiger partial charge >= 0.3 is 6.36 Å². The van der Waals surface area contributed by atoms with Crippen molar-refractivity contribution in [3.8, 4) is 17.4 Å². The first-order chi connectivity index (χ1) is 16.2. The molecule has 0 unspecified atom stereocenters. The molecule has 0 bridgehead atoms. The number of halogens is 3. The van der Waals surface area contributed by atoms with Crippen molar-refractivity contribution in [1.82, 2.24) is 15.0 Å². The summed E-state index contributed by atoms with van der Waals surface area (Å²) in [6.45, 7) is 1.35. The Balaban J connectivity index is 1.65. The molecule has 0 spiro atoms. The summed E-state index contributed by atoms with van der Waals surface area (Å²) in [5, 5.41) is 2.62. The molecule has 1 N–H and O–H groups in total. The summed E-state index contributed by atoms with van der Waals surface area (Å²) in [5.41, 5.74) is 1.16. The molecule has 0 saturated heterocycles. The Labute approximate surface area is 190 Å². The number of ketones is 1. The third-order valence-corrected chi connectivity index (χ3v) is 4.40. The zero-order valence-electron chi connectivity index (χ0n) is 17.5. The third-order valence-electron chi connectivity index (χ3n) is 4.40. The zero-order chi connectivity index (χ0) is 24.3. The molecule has 2 aromatic carbocycles. The van der Waals surface area contributed by atoms with Crippen LogP contribution in [-0.2, 0) is 0 Å². The van der Waals surface area contributed by atoms with Crippen molar-refractivity contribution >= 4 is 28.4 Å². The van der Waals surface area contributed by atoms with Crippen LogP contribution in [0.25, 0.3) is 11.0 Å². The number of Topliss-reactive ketones (excluding diaryl/α,β-unsaturated/α-hetero) is 1. The maximum Gasteiger partial charge on any atom is 0.573 e. The van der Waals surface area contributed by atoms with Gasteiger partial charge in [-0.05, 0) is 48.5 Å². The largest absolute Gasteiger partial charge is 0.573 e. The van der Waals surface area contributed by atoms with E-state index in [1.165, 1.54) is 37.4 Å². The smallest absolute Gasteiger partial charge is 0.437 e. The number of rotatable bonds is 6. The average molecular weight is 468 g/mol. The molecule has 4 aromatic rings. The molecule has 8 nitrogen and oxygen atoms in total. The van der Waals surface area contributed by atoms with Crippen LogP contribution in [0.1, 0.15) is 27.9 Å². The van der Waals surface area contributed by atoms with Crippen molar-refractivity contribution < 1.29 is 32.2 Å². The Hall–Kier alpha value is -4.54. The van der Waals surface area contributed by atoms with Crippen molar-refractivity contribution in [3.05, 3.63) is 78.2 Å². The van der Waals surface area contributed by atoms with Crippen LogP contribution >= 0.6 is 0 Å². The van der Waals surface area contributed by atoms with Crippen molar-refractivity contribution in [3.63, 3.8) is 0 Å². The summed E-state index contributed by atoms with van der Waals surface area (Å²) in [4.78, 5) is 37.2. The van der Waals surface area contributed by atoms with Crippen LogP contribution in [0.15, 0.2) is 66.9 Å². The summed E-state index contributed by atoms with van der Waals surface area (Å²) in [7, 11) is 0. The van der Waals surface area contributed by atoms with Gasteiger partial charge in [0.1, 0.15) is 17.2 Å². The van der Waals surface area contributed by atoms with Gasteiger partial charge in [0, 0.05) is 18.8 Å².